The van der Waals surface area contributed by atoms with E-state index < -0.39 is 15.8 Å². The summed E-state index contributed by atoms with van der Waals surface area (Å²) in [6, 6.07) is 11.9. The second-order valence-electron chi connectivity index (χ2n) is 4.92. The molecule has 2 aromatic rings. The zero-order valence-electron chi connectivity index (χ0n) is 12.7. The Bertz CT molecular complexity index is 803. The molecule has 2 aromatic carbocycles. The molecule has 0 heterocycles. The van der Waals surface area contributed by atoms with Gasteiger partial charge in [0.15, 0.2) is 24.0 Å². The highest BCUT2D eigenvalue weighted by molar-refractivity contribution is 7.92. The number of ketones is 1. The molecule has 5 nitrogen and oxygen atoms in total. The van der Waals surface area contributed by atoms with Crippen LogP contribution in [0.1, 0.15) is 10.4 Å². The quantitative estimate of drug-likeness (QED) is 0.760. The first-order valence-electron chi connectivity index (χ1n) is 6.73. The molecule has 0 aliphatic rings. The monoisotopic (exact) mass is 337 g/mol. The van der Waals surface area contributed by atoms with Gasteiger partial charge >= 0.3 is 0 Å². The van der Waals surface area contributed by atoms with Gasteiger partial charge in [-0.3, -0.25) is 9.10 Å². The first-order valence-corrected chi connectivity index (χ1v) is 8.58. The molecule has 0 fully saturated rings. The molecular weight excluding hydrogens is 321 g/mol. The van der Waals surface area contributed by atoms with Gasteiger partial charge in [0.2, 0.25) is 10.0 Å². The SMILES string of the molecule is CN(c1ccc(C(=O)COc2ccccc2F)cc1)S(C)(=O)=O. The van der Waals surface area contributed by atoms with Gasteiger partial charge in [-0.15, -0.1) is 0 Å². The lowest BCUT2D eigenvalue weighted by Crippen LogP contribution is -2.24. The lowest BCUT2D eigenvalue weighted by atomic mass is 10.1. The summed E-state index contributed by atoms with van der Waals surface area (Å²) in [5, 5.41) is 0. The maximum Gasteiger partial charge on any atom is 0.231 e. The Labute approximate surface area is 134 Å². The Hall–Kier alpha value is -2.41. The fourth-order valence-corrected chi connectivity index (χ4v) is 2.34. The normalized spacial score (nSPS) is 11.1. The molecule has 0 bridgehead atoms. The van der Waals surface area contributed by atoms with Gasteiger partial charge in [0.05, 0.1) is 11.9 Å². The first kappa shape index (κ1) is 17.0. The third-order valence-electron chi connectivity index (χ3n) is 3.25. The van der Waals surface area contributed by atoms with E-state index in [0.717, 1.165) is 10.6 Å². The highest BCUT2D eigenvalue weighted by Crippen LogP contribution is 2.18. The zero-order chi connectivity index (χ0) is 17.0. The third kappa shape index (κ3) is 4.29. The smallest absolute Gasteiger partial charge is 0.231 e. The van der Waals surface area contributed by atoms with Crippen LogP contribution in [0.25, 0.3) is 0 Å². The van der Waals surface area contributed by atoms with Crippen molar-refractivity contribution in [3.05, 3.63) is 59.9 Å². The Morgan fingerprint density at radius 2 is 1.74 bits per heavy atom. The van der Waals surface area contributed by atoms with Crippen LogP contribution in [0.5, 0.6) is 5.75 Å². The molecule has 0 spiro atoms. The van der Waals surface area contributed by atoms with Crippen molar-refractivity contribution < 1.29 is 22.3 Å². The van der Waals surface area contributed by atoms with Gasteiger partial charge in [-0.25, -0.2) is 12.8 Å². The maximum absolute atomic E-state index is 13.4. The van der Waals surface area contributed by atoms with Crippen LogP contribution < -0.4 is 9.04 Å². The fourth-order valence-electron chi connectivity index (χ4n) is 1.84. The van der Waals surface area contributed by atoms with Crippen LogP contribution in [0.4, 0.5) is 10.1 Å². The summed E-state index contributed by atoms with van der Waals surface area (Å²) in [6.45, 7) is -0.303. The fraction of sp³-hybridized carbons (Fsp3) is 0.188. The second-order valence-corrected chi connectivity index (χ2v) is 6.93. The van der Waals surface area contributed by atoms with Crippen molar-refractivity contribution in [1.29, 1.82) is 0 Å². The number of ether oxygens (including phenoxy) is 1. The van der Waals surface area contributed by atoms with Crippen LogP contribution in [0, 0.1) is 5.82 Å². The lowest BCUT2D eigenvalue weighted by Gasteiger charge is -2.16. The van der Waals surface area contributed by atoms with Gasteiger partial charge in [0.25, 0.3) is 0 Å². The van der Waals surface area contributed by atoms with Gasteiger partial charge in [0.1, 0.15) is 0 Å². The number of rotatable bonds is 6. The van der Waals surface area contributed by atoms with Crippen molar-refractivity contribution in [2.45, 2.75) is 0 Å². The number of halogens is 1. The summed E-state index contributed by atoms with van der Waals surface area (Å²) >= 11 is 0. The van der Waals surface area contributed by atoms with Crippen LogP contribution in [0.3, 0.4) is 0 Å². The van der Waals surface area contributed by atoms with Gasteiger partial charge in [-0.05, 0) is 36.4 Å². The number of anilines is 1. The van der Waals surface area contributed by atoms with E-state index in [0.29, 0.717) is 11.3 Å². The molecule has 0 aromatic heterocycles. The van der Waals surface area contributed by atoms with Crippen molar-refractivity contribution in [3.8, 4) is 5.75 Å². The van der Waals surface area contributed by atoms with Gasteiger partial charge in [0, 0.05) is 12.6 Å². The number of hydrogen-bond donors (Lipinski definition) is 0. The third-order valence-corrected chi connectivity index (χ3v) is 4.45. The van der Waals surface area contributed by atoms with E-state index in [9.17, 15) is 17.6 Å². The van der Waals surface area contributed by atoms with Crippen molar-refractivity contribution >= 4 is 21.5 Å². The minimum absolute atomic E-state index is 0.00859. The molecule has 122 valence electrons. The van der Waals surface area contributed by atoms with E-state index in [1.54, 1.807) is 6.07 Å². The van der Waals surface area contributed by atoms with E-state index in [1.165, 1.54) is 49.5 Å². The van der Waals surface area contributed by atoms with Crippen molar-refractivity contribution in [2.24, 2.45) is 0 Å². The van der Waals surface area contributed by atoms with Crippen LogP contribution in [-0.2, 0) is 10.0 Å². The van der Waals surface area contributed by atoms with E-state index in [2.05, 4.69) is 0 Å². The number of carbonyl (C=O) groups is 1. The number of nitrogens with zero attached hydrogens (tertiary/aromatic N) is 1. The zero-order valence-corrected chi connectivity index (χ0v) is 13.5. The minimum Gasteiger partial charge on any atom is -0.482 e. The summed E-state index contributed by atoms with van der Waals surface area (Å²) in [5.74, 6) is -0.860. The predicted molar refractivity (Wildman–Crippen MR) is 85.9 cm³/mol. The molecule has 23 heavy (non-hydrogen) atoms. The molecule has 2 rings (SSSR count). The number of hydrogen-bond acceptors (Lipinski definition) is 4. The molecular formula is C16H16FNO4S. The molecule has 0 aliphatic heterocycles. The lowest BCUT2D eigenvalue weighted by molar-refractivity contribution is 0.0919. The topological polar surface area (TPSA) is 63.7 Å². The number of Topliss-reactive ketones (excluding diaryl/α,β-unsaturated/α-hetero) is 1. The molecule has 0 aliphatic carbocycles. The molecule has 0 atom stereocenters. The molecule has 0 saturated carbocycles. The largest absolute Gasteiger partial charge is 0.482 e. The summed E-state index contributed by atoms with van der Waals surface area (Å²) in [4.78, 5) is 12.0. The second kappa shape index (κ2) is 6.78. The van der Waals surface area contributed by atoms with Crippen molar-refractivity contribution in [1.82, 2.24) is 0 Å². The number of para-hydroxylation sites is 1. The van der Waals surface area contributed by atoms with Crippen LogP contribution in [0.15, 0.2) is 48.5 Å². The Morgan fingerprint density at radius 3 is 2.30 bits per heavy atom. The standard InChI is InChI=1S/C16H16FNO4S/c1-18(23(2,20)21)13-9-7-12(8-10-13)15(19)11-22-16-6-4-3-5-14(16)17/h3-10H,11H2,1-2H3. The van der Waals surface area contributed by atoms with Gasteiger partial charge in [-0.1, -0.05) is 12.1 Å². The molecule has 7 heteroatoms. The van der Waals surface area contributed by atoms with Crippen molar-refractivity contribution in [3.63, 3.8) is 0 Å². The average molecular weight is 337 g/mol. The van der Waals surface area contributed by atoms with E-state index in [4.69, 9.17) is 4.74 Å². The molecule has 0 amide bonds. The van der Waals surface area contributed by atoms with Crippen LogP contribution in [0.2, 0.25) is 0 Å². The summed E-state index contributed by atoms with van der Waals surface area (Å²) in [6.07, 6.45) is 1.09. The molecule has 0 N–H and O–H groups in total. The summed E-state index contributed by atoms with van der Waals surface area (Å²) in [5.41, 5.74) is 0.797. The van der Waals surface area contributed by atoms with E-state index in [1.807, 2.05) is 0 Å². The highest BCUT2D eigenvalue weighted by Gasteiger charge is 2.13. The van der Waals surface area contributed by atoms with Gasteiger partial charge < -0.3 is 4.74 Å². The minimum atomic E-state index is -3.36. The Morgan fingerprint density at radius 1 is 1.13 bits per heavy atom. The van der Waals surface area contributed by atoms with Gasteiger partial charge in [-0.2, -0.15) is 0 Å². The number of benzene rings is 2. The average Bonchev–Trinajstić information content (AvgIpc) is 2.52. The molecule has 0 saturated heterocycles. The van der Waals surface area contributed by atoms with E-state index in [-0.39, 0.29) is 18.1 Å². The van der Waals surface area contributed by atoms with Crippen LogP contribution in [-0.4, -0.2) is 34.1 Å². The Kier molecular flexibility index (Phi) is 5.00. The maximum atomic E-state index is 13.4. The van der Waals surface area contributed by atoms with Crippen LogP contribution >= 0.6 is 0 Å². The molecule has 0 radical (unpaired) electrons. The highest BCUT2D eigenvalue weighted by atomic mass is 32.2. The number of sulfonamides is 1. The van der Waals surface area contributed by atoms with E-state index >= 15 is 0 Å². The summed E-state index contributed by atoms with van der Waals surface area (Å²) in [7, 11) is -1.93. The number of carbonyl (C=O) groups excluding carboxylic acids is 1. The first-order chi connectivity index (χ1) is 10.8. The summed E-state index contributed by atoms with van der Waals surface area (Å²) < 4.78 is 42.6. The molecule has 0 unspecified atom stereocenters. The predicted octanol–water partition coefficient (Wildman–Crippen LogP) is 2.48. The van der Waals surface area contributed by atoms with Crippen molar-refractivity contribution in [2.75, 3.05) is 24.2 Å². The Balaban J connectivity index is 2.05.